The number of carbonyl (C=O) groups is 2. The zero-order valence-corrected chi connectivity index (χ0v) is 31.6. The molecule has 0 aliphatic carbocycles. The fourth-order valence-corrected chi connectivity index (χ4v) is 4.77. The minimum atomic E-state index is -4.77. The number of unbranched alkanes of at least 4 members (excludes halogenated alkanes) is 6. The van der Waals surface area contributed by atoms with Crippen LogP contribution in [0.2, 0.25) is 0 Å². The van der Waals surface area contributed by atoms with Crippen LogP contribution >= 0.6 is 7.82 Å². The Bertz CT molecular complexity index is 1120. The largest absolute Gasteiger partial charge is 0.469 e. The van der Waals surface area contributed by atoms with E-state index in [0.717, 1.165) is 89.9 Å². The highest BCUT2D eigenvalue weighted by Crippen LogP contribution is 2.35. The number of allylic oxidation sites excluding steroid dienone is 16. The van der Waals surface area contributed by atoms with Crippen molar-refractivity contribution in [2.75, 3.05) is 13.2 Å². The Morgan fingerprint density at radius 1 is 0.520 bits per heavy atom. The fourth-order valence-electron chi connectivity index (χ4n) is 4.41. The molecule has 0 aliphatic heterocycles. The maximum absolute atomic E-state index is 12.4. The van der Waals surface area contributed by atoms with E-state index in [1.165, 1.54) is 0 Å². The molecular formula is C41H65O8P. The molecule has 0 fully saturated rings. The number of esters is 2. The van der Waals surface area contributed by atoms with Crippen LogP contribution in [0.4, 0.5) is 0 Å². The zero-order chi connectivity index (χ0) is 36.8. The highest BCUT2D eigenvalue weighted by atomic mass is 31.2. The number of carbonyl (C=O) groups excluding carboxylic acids is 2. The van der Waals surface area contributed by atoms with Crippen LogP contribution < -0.4 is 0 Å². The first-order valence-corrected chi connectivity index (χ1v) is 20.1. The average Bonchev–Trinajstić information content (AvgIpc) is 3.08. The van der Waals surface area contributed by atoms with Gasteiger partial charge in [-0.15, -0.1) is 0 Å². The molecule has 2 N–H and O–H groups in total. The van der Waals surface area contributed by atoms with Gasteiger partial charge in [-0.05, 0) is 89.9 Å². The lowest BCUT2D eigenvalue weighted by atomic mass is 10.1. The topological polar surface area (TPSA) is 119 Å². The molecule has 50 heavy (non-hydrogen) atoms. The molecule has 0 rings (SSSR count). The lowest BCUT2D eigenvalue weighted by Crippen LogP contribution is -2.29. The van der Waals surface area contributed by atoms with E-state index in [1.807, 2.05) is 0 Å². The Kier molecular flexibility index (Phi) is 33.6. The van der Waals surface area contributed by atoms with Crippen molar-refractivity contribution in [3.8, 4) is 0 Å². The van der Waals surface area contributed by atoms with E-state index in [9.17, 15) is 14.2 Å². The Morgan fingerprint density at radius 2 is 0.900 bits per heavy atom. The van der Waals surface area contributed by atoms with Gasteiger partial charge >= 0.3 is 19.8 Å². The van der Waals surface area contributed by atoms with Crippen molar-refractivity contribution in [3.63, 3.8) is 0 Å². The Morgan fingerprint density at radius 3 is 1.30 bits per heavy atom. The van der Waals surface area contributed by atoms with Gasteiger partial charge in [0.25, 0.3) is 0 Å². The summed E-state index contributed by atoms with van der Waals surface area (Å²) < 4.78 is 26.2. The Hall–Kier alpha value is -3.03. The summed E-state index contributed by atoms with van der Waals surface area (Å²) in [5.41, 5.74) is 0. The Labute approximate surface area is 303 Å². The highest BCUT2D eigenvalue weighted by molar-refractivity contribution is 7.46. The van der Waals surface area contributed by atoms with Crippen LogP contribution in [-0.2, 0) is 28.2 Å². The predicted octanol–water partition coefficient (Wildman–Crippen LogP) is 11.1. The van der Waals surface area contributed by atoms with Gasteiger partial charge in [0.15, 0.2) is 6.10 Å². The molecule has 0 radical (unpaired) electrons. The first-order valence-electron chi connectivity index (χ1n) is 18.5. The number of hydrogen-bond acceptors (Lipinski definition) is 6. The normalized spacial score (nSPS) is 13.6. The minimum Gasteiger partial charge on any atom is -0.462 e. The van der Waals surface area contributed by atoms with Crippen LogP contribution in [0.5, 0.6) is 0 Å². The number of rotatable bonds is 32. The molecule has 9 heteroatoms. The van der Waals surface area contributed by atoms with Gasteiger partial charge in [0.1, 0.15) is 6.61 Å². The maximum atomic E-state index is 12.4. The lowest BCUT2D eigenvalue weighted by Gasteiger charge is -2.18. The second kappa shape index (κ2) is 35.8. The standard InChI is InChI=1S/C41H65O8P/c1-3-5-7-9-11-13-15-17-18-19-20-21-22-24-26-28-30-32-34-36-41(43)49-39(38-48-50(44,45)46)37-47-40(42)35-33-31-29-27-25-23-16-14-12-10-8-6-4-2/h5-8,11-14,17-18,20-21,23-26,39H,3-4,9-10,15-16,19,22,27-38H2,1-2H3,(H2,44,45,46)/b7-5-,8-6-,13-11-,14-12-,18-17-,21-20-,25-23-,26-24-. The van der Waals surface area contributed by atoms with Crippen LogP contribution in [0.1, 0.15) is 129 Å². The van der Waals surface area contributed by atoms with E-state index >= 15 is 0 Å². The van der Waals surface area contributed by atoms with Gasteiger partial charge in [-0.25, -0.2) is 4.57 Å². The van der Waals surface area contributed by atoms with Gasteiger partial charge in [-0.1, -0.05) is 124 Å². The third kappa shape index (κ3) is 37.8. The fraction of sp³-hybridized carbons (Fsp3) is 0.561. The van der Waals surface area contributed by atoms with Gasteiger partial charge in [0.05, 0.1) is 6.61 Å². The molecule has 0 bridgehead atoms. The molecule has 1 atom stereocenters. The summed E-state index contributed by atoms with van der Waals surface area (Å²) >= 11 is 0. The molecule has 0 spiro atoms. The number of phosphoric acid groups is 1. The molecule has 0 heterocycles. The third-order valence-electron chi connectivity index (χ3n) is 7.10. The van der Waals surface area contributed by atoms with E-state index in [-0.39, 0.29) is 19.4 Å². The quantitative estimate of drug-likeness (QED) is 0.0305. The van der Waals surface area contributed by atoms with Crippen molar-refractivity contribution in [2.45, 2.75) is 136 Å². The van der Waals surface area contributed by atoms with Crippen molar-refractivity contribution in [2.24, 2.45) is 0 Å². The highest BCUT2D eigenvalue weighted by Gasteiger charge is 2.22. The Balaban J connectivity index is 4.12. The number of hydrogen-bond donors (Lipinski definition) is 2. The number of ether oxygens (including phenoxy) is 2. The first-order chi connectivity index (χ1) is 24.3. The van der Waals surface area contributed by atoms with Crippen LogP contribution in [0.3, 0.4) is 0 Å². The van der Waals surface area contributed by atoms with Crippen LogP contribution in [0.25, 0.3) is 0 Å². The first kappa shape index (κ1) is 47.0. The SMILES string of the molecule is CC/C=C\C/C=C\C/C=C\C/C=C\C/C=C\CCCCCC(=O)OC(COC(=O)CCCCC/C=C\C/C=C\C/C=C\CC)COP(=O)(O)O. The van der Waals surface area contributed by atoms with Gasteiger partial charge in [0.2, 0.25) is 0 Å². The van der Waals surface area contributed by atoms with Crippen molar-refractivity contribution >= 4 is 19.8 Å². The van der Waals surface area contributed by atoms with Crippen LogP contribution in [-0.4, -0.2) is 41.0 Å². The molecular weight excluding hydrogens is 651 g/mol. The monoisotopic (exact) mass is 716 g/mol. The van der Waals surface area contributed by atoms with Crippen molar-refractivity contribution in [3.05, 3.63) is 97.2 Å². The van der Waals surface area contributed by atoms with Crippen molar-refractivity contribution in [1.29, 1.82) is 0 Å². The minimum absolute atomic E-state index is 0.160. The third-order valence-corrected chi connectivity index (χ3v) is 7.58. The maximum Gasteiger partial charge on any atom is 0.469 e. The zero-order valence-electron chi connectivity index (χ0n) is 30.7. The molecule has 8 nitrogen and oxygen atoms in total. The second-order valence-electron chi connectivity index (χ2n) is 11.8. The molecule has 0 amide bonds. The van der Waals surface area contributed by atoms with Crippen LogP contribution in [0, 0.1) is 0 Å². The molecule has 0 aromatic carbocycles. The van der Waals surface area contributed by atoms with E-state index in [2.05, 4.69) is 116 Å². The van der Waals surface area contributed by atoms with E-state index in [0.29, 0.717) is 12.8 Å². The number of phosphoric ester groups is 1. The lowest BCUT2D eigenvalue weighted by molar-refractivity contribution is -0.161. The molecule has 1 unspecified atom stereocenters. The smallest absolute Gasteiger partial charge is 0.462 e. The summed E-state index contributed by atoms with van der Waals surface area (Å²) in [5, 5.41) is 0. The van der Waals surface area contributed by atoms with Crippen LogP contribution in [0.15, 0.2) is 97.2 Å². The summed E-state index contributed by atoms with van der Waals surface area (Å²) in [6.45, 7) is 3.37. The molecule has 0 saturated heterocycles. The summed E-state index contributed by atoms with van der Waals surface area (Å²) in [6, 6.07) is 0. The summed E-state index contributed by atoms with van der Waals surface area (Å²) in [6.07, 6.45) is 48.4. The predicted molar refractivity (Wildman–Crippen MR) is 206 cm³/mol. The van der Waals surface area contributed by atoms with Gasteiger partial charge < -0.3 is 19.3 Å². The van der Waals surface area contributed by atoms with E-state index in [1.54, 1.807) is 0 Å². The van der Waals surface area contributed by atoms with Crippen molar-refractivity contribution in [1.82, 2.24) is 0 Å². The van der Waals surface area contributed by atoms with Crippen molar-refractivity contribution < 1.29 is 37.9 Å². The summed E-state index contributed by atoms with van der Waals surface area (Å²) in [4.78, 5) is 42.7. The summed E-state index contributed by atoms with van der Waals surface area (Å²) in [7, 11) is -4.77. The van der Waals surface area contributed by atoms with E-state index in [4.69, 9.17) is 19.3 Å². The molecule has 0 saturated carbocycles. The van der Waals surface area contributed by atoms with Gasteiger partial charge in [-0.3, -0.25) is 14.1 Å². The second-order valence-corrected chi connectivity index (χ2v) is 13.0. The molecule has 282 valence electrons. The molecule has 0 aliphatic rings. The van der Waals surface area contributed by atoms with Gasteiger partial charge in [-0.2, -0.15) is 0 Å². The molecule has 0 aromatic heterocycles. The van der Waals surface area contributed by atoms with E-state index < -0.39 is 32.5 Å². The summed E-state index contributed by atoms with van der Waals surface area (Å²) in [5.74, 6) is -0.970. The van der Waals surface area contributed by atoms with Gasteiger partial charge in [0, 0.05) is 12.8 Å². The molecule has 0 aromatic rings. The average molecular weight is 717 g/mol.